The second kappa shape index (κ2) is 3.69. The van der Waals surface area contributed by atoms with Crippen molar-refractivity contribution in [2.45, 2.75) is 51.7 Å². The minimum atomic E-state index is 0.391. The minimum absolute atomic E-state index is 0.391. The van der Waals surface area contributed by atoms with Crippen LogP contribution in [0.15, 0.2) is 12.1 Å². The summed E-state index contributed by atoms with van der Waals surface area (Å²) in [5, 5.41) is 3.66. The fraction of sp³-hybridized carbons (Fsp3) is 0.571. The van der Waals surface area contributed by atoms with E-state index >= 15 is 0 Å². The van der Waals surface area contributed by atoms with Gasteiger partial charge >= 0.3 is 0 Å². The van der Waals surface area contributed by atoms with Crippen molar-refractivity contribution in [1.82, 2.24) is 0 Å². The number of rotatable bonds is 0. The van der Waals surface area contributed by atoms with Crippen molar-refractivity contribution in [2.75, 3.05) is 5.32 Å². The number of nitrogens with one attached hydrogen (secondary N) is 1. The van der Waals surface area contributed by atoms with Crippen molar-refractivity contribution in [1.29, 1.82) is 0 Å². The van der Waals surface area contributed by atoms with Crippen molar-refractivity contribution in [3.05, 3.63) is 23.3 Å². The summed E-state index contributed by atoms with van der Waals surface area (Å²) in [6.07, 6.45) is 5.48. The van der Waals surface area contributed by atoms with Gasteiger partial charge in [0.25, 0.3) is 0 Å². The fourth-order valence-corrected chi connectivity index (χ4v) is 2.97. The Labute approximate surface area is 97.0 Å². The molecule has 1 aromatic carbocycles. The Morgan fingerprint density at radius 2 is 2.00 bits per heavy atom. The Balaban J connectivity index is 1.98. The SMILES string of the molecule is Cc1cc(C)c2c(c1)NC1CCCCC1O2. The van der Waals surface area contributed by atoms with Crippen molar-refractivity contribution in [3.63, 3.8) is 0 Å². The van der Waals surface area contributed by atoms with E-state index < -0.39 is 0 Å². The van der Waals surface area contributed by atoms with Crippen LogP contribution in [-0.2, 0) is 0 Å². The molecule has 1 fully saturated rings. The summed E-state index contributed by atoms with van der Waals surface area (Å²) in [7, 11) is 0. The van der Waals surface area contributed by atoms with Crippen LogP contribution >= 0.6 is 0 Å². The number of ether oxygens (including phenoxy) is 1. The van der Waals surface area contributed by atoms with Gasteiger partial charge in [-0.15, -0.1) is 0 Å². The van der Waals surface area contributed by atoms with Crippen LogP contribution in [0, 0.1) is 13.8 Å². The highest BCUT2D eigenvalue weighted by molar-refractivity contribution is 5.63. The smallest absolute Gasteiger partial charge is 0.145 e. The standard InChI is InChI=1S/C14H19NO/c1-9-7-10(2)14-12(8-9)15-11-5-3-4-6-13(11)16-14/h7-8,11,13,15H,3-6H2,1-2H3. The van der Waals surface area contributed by atoms with Gasteiger partial charge in [-0.25, -0.2) is 0 Å². The molecule has 2 nitrogen and oxygen atoms in total. The van der Waals surface area contributed by atoms with Crippen LogP contribution in [0.1, 0.15) is 36.8 Å². The fourth-order valence-electron chi connectivity index (χ4n) is 2.97. The highest BCUT2D eigenvalue weighted by Gasteiger charge is 2.32. The molecule has 16 heavy (non-hydrogen) atoms. The van der Waals surface area contributed by atoms with E-state index in [1.807, 2.05) is 0 Å². The maximum Gasteiger partial charge on any atom is 0.145 e. The zero-order valence-corrected chi connectivity index (χ0v) is 10.0. The topological polar surface area (TPSA) is 21.3 Å². The molecule has 0 radical (unpaired) electrons. The maximum absolute atomic E-state index is 6.16. The van der Waals surface area contributed by atoms with Gasteiger partial charge in [-0.2, -0.15) is 0 Å². The zero-order chi connectivity index (χ0) is 11.1. The van der Waals surface area contributed by atoms with E-state index in [0.717, 1.165) is 5.75 Å². The van der Waals surface area contributed by atoms with Gasteiger partial charge in [0.05, 0.1) is 11.7 Å². The van der Waals surface area contributed by atoms with Gasteiger partial charge < -0.3 is 10.1 Å². The maximum atomic E-state index is 6.16. The highest BCUT2D eigenvalue weighted by Crippen LogP contribution is 2.39. The van der Waals surface area contributed by atoms with Gasteiger partial charge in [0.15, 0.2) is 0 Å². The largest absolute Gasteiger partial charge is 0.486 e. The lowest BCUT2D eigenvalue weighted by Crippen LogP contribution is -2.43. The van der Waals surface area contributed by atoms with Crippen LogP contribution in [0.25, 0.3) is 0 Å². The minimum Gasteiger partial charge on any atom is -0.486 e. The van der Waals surface area contributed by atoms with E-state index in [0.29, 0.717) is 12.1 Å². The molecule has 0 bridgehead atoms. The molecule has 2 unspecified atom stereocenters. The Morgan fingerprint density at radius 1 is 1.19 bits per heavy atom. The molecule has 1 N–H and O–H groups in total. The number of aryl methyl sites for hydroxylation is 2. The molecule has 2 heteroatoms. The molecule has 1 saturated carbocycles. The third-order valence-corrected chi connectivity index (χ3v) is 3.73. The Morgan fingerprint density at radius 3 is 2.88 bits per heavy atom. The first-order valence-corrected chi connectivity index (χ1v) is 6.28. The molecule has 2 atom stereocenters. The quantitative estimate of drug-likeness (QED) is 0.719. The third kappa shape index (κ3) is 1.57. The molecular weight excluding hydrogens is 198 g/mol. The van der Waals surface area contributed by atoms with Crippen LogP contribution < -0.4 is 10.1 Å². The molecule has 0 amide bonds. The average molecular weight is 217 g/mol. The first kappa shape index (κ1) is 10.0. The summed E-state index contributed by atoms with van der Waals surface area (Å²) in [5.41, 5.74) is 3.76. The average Bonchev–Trinajstić information content (AvgIpc) is 2.27. The molecule has 1 heterocycles. The van der Waals surface area contributed by atoms with Crippen molar-refractivity contribution >= 4 is 5.69 Å². The van der Waals surface area contributed by atoms with Gasteiger partial charge in [0.2, 0.25) is 0 Å². The first-order valence-electron chi connectivity index (χ1n) is 6.28. The van der Waals surface area contributed by atoms with Gasteiger partial charge in [0.1, 0.15) is 11.9 Å². The Bertz CT molecular complexity index is 413. The third-order valence-electron chi connectivity index (χ3n) is 3.73. The molecular formula is C14H19NO. The van der Waals surface area contributed by atoms with E-state index in [1.54, 1.807) is 0 Å². The highest BCUT2D eigenvalue weighted by atomic mass is 16.5. The number of hydrogen-bond acceptors (Lipinski definition) is 2. The van der Waals surface area contributed by atoms with Gasteiger partial charge in [-0.3, -0.25) is 0 Å². The summed E-state index contributed by atoms with van der Waals surface area (Å²) in [6.45, 7) is 4.28. The molecule has 0 saturated heterocycles. The Hall–Kier alpha value is -1.18. The molecule has 1 aliphatic heterocycles. The monoisotopic (exact) mass is 217 g/mol. The lowest BCUT2D eigenvalue weighted by atomic mass is 9.90. The van der Waals surface area contributed by atoms with E-state index in [4.69, 9.17) is 4.74 Å². The Kier molecular flexibility index (Phi) is 2.31. The summed E-state index contributed by atoms with van der Waals surface area (Å²) in [5.74, 6) is 1.08. The van der Waals surface area contributed by atoms with Crippen LogP contribution in [0.2, 0.25) is 0 Å². The zero-order valence-electron chi connectivity index (χ0n) is 10.0. The second-order valence-electron chi connectivity index (χ2n) is 5.15. The van der Waals surface area contributed by atoms with Crippen molar-refractivity contribution in [2.24, 2.45) is 0 Å². The molecule has 2 aliphatic rings. The van der Waals surface area contributed by atoms with Gasteiger partial charge in [0, 0.05) is 0 Å². The predicted octanol–water partition coefficient (Wildman–Crippen LogP) is 3.42. The predicted molar refractivity (Wildman–Crippen MR) is 66.2 cm³/mol. The van der Waals surface area contributed by atoms with Crippen LogP contribution in [0.4, 0.5) is 5.69 Å². The first-order chi connectivity index (χ1) is 7.74. The molecule has 86 valence electrons. The van der Waals surface area contributed by atoms with E-state index in [-0.39, 0.29) is 0 Å². The summed E-state index contributed by atoms with van der Waals surface area (Å²) >= 11 is 0. The normalized spacial score (nSPS) is 27.4. The van der Waals surface area contributed by atoms with Crippen LogP contribution in [-0.4, -0.2) is 12.1 Å². The van der Waals surface area contributed by atoms with E-state index in [2.05, 4.69) is 31.3 Å². The second-order valence-corrected chi connectivity index (χ2v) is 5.15. The number of fused-ring (bicyclic) bond motifs is 2. The lowest BCUT2D eigenvalue weighted by molar-refractivity contribution is 0.130. The van der Waals surface area contributed by atoms with E-state index in [9.17, 15) is 0 Å². The van der Waals surface area contributed by atoms with Crippen molar-refractivity contribution < 1.29 is 4.74 Å². The molecule has 3 rings (SSSR count). The van der Waals surface area contributed by atoms with Crippen LogP contribution in [0.5, 0.6) is 5.75 Å². The molecule has 1 aliphatic carbocycles. The molecule has 0 aromatic heterocycles. The number of benzene rings is 1. The summed E-state index contributed by atoms with van der Waals surface area (Å²) in [4.78, 5) is 0. The van der Waals surface area contributed by atoms with E-state index in [1.165, 1.54) is 42.5 Å². The van der Waals surface area contributed by atoms with Crippen molar-refractivity contribution in [3.8, 4) is 5.75 Å². The van der Waals surface area contributed by atoms with Crippen LogP contribution in [0.3, 0.4) is 0 Å². The number of hydrogen-bond donors (Lipinski definition) is 1. The van der Waals surface area contributed by atoms with Gasteiger partial charge in [-0.1, -0.05) is 12.5 Å². The summed E-state index contributed by atoms with van der Waals surface area (Å²) < 4.78 is 6.16. The summed E-state index contributed by atoms with van der Waals surface area (Å²) in [6, 6.07) is 4.93. The molecule has 0 spiro atoms. The van der Waals surface area contributed by atoms with Gasteiger partial charge in [-0.05, 0) is 50.3 Å². The molecule has 1 aromatic rings. The lowest BCUT2D eigenvalue weighted by Gasteiger charge is -2.38. The number of anilines is 1.